The molecule has 0 aromatic carbocycles. The molecule has 0 bridgehead atoms. The number of carbonyl (C=O) groups excluding carboxylic acids is 1. The molecular formula is C14H18ClN3O2S. The first-order chi connectivity index (χ1) is 9.97. The van der Waals surface area contributed by atoms with Crippen molar-refractivity contribution in [3.05, 3.63) is 38.4 Å². The number of rotatable bonds is 5. The Morgan fingerprint density at radius 1 is 1.48 bits per heavy atom. The molecule has 2 rings (SSSR count). The van der Waals surface area contributed by atoms with Crippen LogP contribution >= 0.6 is 22.9 Å². The molecule has 0 atom stereocenters. The van der Waals surface area contributed by atoms with Gasteiger partial charge in [0.05, 0.1) is 16.6 Å². The molecule has 0 saturated heterocycles. The number of urea groups is 1. The fourth-order valence-electron chi connectivity index (χ4n) is 1.95. The molecule has 2 heterocycles. The Labute approximate surface area is 132 Å². The lowest BCUT2D eigenvalue weighted by Gasteiger charge is -2.17. The Morgan fingerprint density at radius 2 is 2.24 bits per heavy atom. The van der Waals surface area contributed by atoms with Gasteiger partial charge in [-0.3, -0.25) is 0 Å². The Balaban J connectivity index is 1.80. The van der Waals surface area contributed by atoms with Gasteiger partial charge in [0.2, 0.25) is 0 Å². The van der Waals surface area contributed by atoms with Crippen molar-refractivity contribution in [2.24, 2.45) is 0 Å². The van der Waals surface area contributed by atoms with Gasteiger partial charge in [0.15, 0.2) is 0 Å². The van der Waals surface area contributed by atoms with Crippen LogP contribution in [0.25, 0.3) is 0 Å². The largest absolute Gasteiger partial charge is 0.361 e. The number of aromatic nitrogens is 1. The van der Waals surface area contributed by atoms with E-state index in [-0.39, 0.29) is 6.03 Å². The molecule has 0 unspecified atom stereocenters. The SMILES string of the molecule is Cc1noc(C)c1CN(C)C(=O)NCCc1ccc(Cl)s1. The fraction of sp³-hybridized carbons (Fsp3) is 0.429. The number of amides is 2. The van der Waals surface area contributed by atoms with E-state index in [1.807, 2.05) is 26.0 Å². The molecule has 0 saturated carbocycles. The molecule has 0 radical (unpaired) electrons. The normalized spacial score (nSPS) is 10.7. The third-order valence-electron chi connectivity index (χ3n) is 3.20. The summed E-state index contributed by atoms with van der Waals surface area (Å²) >= 11 is 7.40. The van der Waals surface area contributed by atoms with Gasteiger partial charge in [-0.2, -0.15) is 0 Å². The predicted octanol–water partition coefficient (Wildman–Crippen LogP) is 3.39. The van der Waals surface area contributed by atoms with Gasteiger partial charge >= 0.3 is 6.03 Å². The number of halogens is 1. The van der Waals surface area contributed by atoms with Gasteiger partial charge in [-0.1, -0.05) is 16.8 Å². The molecule has 21 heavy (non-hydrogen) atoms. The molecule has 0 fully saturated rings. The summed E-state index contributed by atoms with van der Waals surface area (Å²) < 4.78 is 5.87. The van der Waals surface area contributed by atoms with Crippen molar-refractivity contribution < 1.29 is 9.32 Å². The molecule has 114 valence electrons. The standard InChI is InChI=1S/C14H18ClN3O2S/c1-9-12(10(2)20-17-9)8-18(3)14(19)16-7-6-11-4-5-13(15)21-11/h4-5H,6-8H2,1-3H3,(H,16,19). The average Bonchev–Trinajstić information content (AvgIpc) is 2.99. The number of hydrogen-bond acceptors (Lipinski definition) is 4. The zero-order valence-electron chi connectivity index (χ0n) is 12.3. The summed E-state index contributed by atoms with van der Waals surface area (Å²) in [5, 5.41) is 6.78. The van der Waals surface area contributed by atoms with Gasteiger partial charge in [0.25, 0.3) is 0 Å². The number of nitrogens with zero attached hydrogens (tertiary/aromatic N) is 2. The van der Waals surface area contributed by atoms with Crippen molar-refractivity contribution in [3.63, 3.8) is 0 Å². The van der Waals surface area contributed by atoms with Gasteiger partial charge < -0.3 is 14.7 Å². The lowest BCUT2D eigenvalue weighted by atomic mass is 10.2. The predicted molar refractivity (Wildman–Crippen MR) is 83.9 cm³/mol. The quantitative estimate of drug-likeness (QED) is 0.915. The van der Waals surface area contributed by atoms with Crippen molar-refractivity contribution in [2.75, 3.05) is 13.6 Å². The number of aryl methyl sites for hydroxylation is 2. The van der Waals surface area contributed by atoms with Gasteiger partial charge in [0, 0.05) is 24.0 Å². The Bertz CT molecular complexity index is 604. The van der Waals surface area contributed by atoms with Crippen molar-refractivity contribution in [2.45, 2.75) is 26.8 Å². The van der Waals surface area contributed by atoms with Crippen LogP contribution in [0.5, 0.6) is 0 Å². The van der Waals surface area contributed by atoms with E-state index in [1.54, 1.807) is 11.9 Å². The van der Waals surface area contributed by atoms with E-state index in [0.29, 0.717) is 13.1 Å². The molecule has 5 nitrogen and oxygen atoms in total. The van der Waals surface area contributed by atoms with Crippen LogP contribution in [0.4, 0.5) is 4.79 Å². The fourth-order valence-corrected chi connectivity index (χ4v) is 3.04. The van der Waals surface area contributed by atoms with Crippen LogP contribution in [0.3, 0.4) is 0 Å². The number of thiophene rings is 1. The maximum atomic E-state index is 12.0. The molecule has 1 N–H and O–H groups in total. The molecule has 0 spiro atoms. The van der Waals surface area contributed by atoms with E-state index in [2.05, 4.69) is 10.5 Å². The monoisotopic (exact) mass is 327 g/mol. The highest BCUT2D eigenvalue weighted by Crippen LogP contribution is 2.21. The van der Waals surface area contributed by atoms with Crippen LogP contribution in [0, 0.1) is 13.8 Å². The number of carbonyl (C=O) groups is 1. The first-order valence-corrected chi connectivity index (χ1v) is 7.81. The van der Waals surface area contributed by atoms with Crippen LogP contribution in [0.1, 0.15) is 21.9 Å². The second kappa shape index (κ2) is 6.95. The average molecular weight is 328 g/mol. The lowest BCUT2D eigenvalue weighted by Crippen LogP contribution is -2.37. The van der Waals surface area contributed by atoms with E-state index in [0.717, 1.165) is 32.7 Å². The Hall–Kier alpha value is -1.53. The first-order valence-electron chi connectivity index (χ1n) is 6.62. The van der Waals surface area contributed by atoms with Crippen molar-refractivity contribution in [1.82, 2.24) is 15.4 Å². The zero-order valence-corrected chi connectivity index (χ0v) is 13.8. The lowest BCUT2D eigenvalue weighted by molar-refractivity contribution is 0.207. The van der Waals surface area contributed by atoms with Crippen molar-refractivity contribution in [1.29, 1.82) is 0 Å². The highest BCUT2D eigenvalue weighted by atomic mass is 35.5. The molecule has 0 aliphatic carbocycles. The minimum atomic E-state index is -0.113. The third kappa shape index (κ3) is 4.22. The van der Waals surface area contributed by atoms with Crippen LogP contribution in [0.15, 0.2) is 16.7 Å². The van der Waals surface area contributed by atoms with Crippen LogP contribution in [-0.4, -0.2) is 29.7 Å². The molecule has 2 aromatic rings. The third-order valence-corrected chi connectivity index (χ3v) is 4.49. The summed E-state index contributed by atoms with van der Waals surface area (Å²) in [6.07, 6.45) is 0.780. The molecule has 2 amide bonds. The maximum absolute atomic E-state index is 12.0. The minimum Gasteiger partial charge on any atom is -0.361 e. The molecule has 2 aromatic heterocycles. The second-order valence-corrected chi connectivity index (χ2v) is 6.65. The van der Waals surface area contributed by atoms with Gasteiger partial charge in [-0.15, -0.1) is 11.3 Å². The minimum absolute atomic E-state index is 0.113. The molecule has 0 aliphatic heterocycles. The Morgan fingerprint density at radius 3 is 2.81 bits per heavy atom. The molecule has 0 aliphatic rings. The van der Waals surface area contributed by atoms with E-state index in [1.165, 1.54) is 11.3 Å². The Kier molecular flexibility index (Phi) is 5.25. The molecule has 7 heteroatoms. The van der Waals surface area contributed by atoms with Gasteiger partial charge in [-0.05, 0) is 32.4 Å². The summed E-state index contributed by atoms with van der Waals surface area (Å²) in [6, 6.07) is 3.73. The summed E-state index contributed by atoms with van der Waals surface area (Å²) in [5.41, 5.74) is 1.78. The second-order valence-electron chi connectivity index (χ2n) is 4.85. The highest BCUT2D eigenvalue weighted by Gasteiger charge is 2.15. The zero-order chi connectivity index (χ0) is 15.4. The van der Waals surface area contributed by atoms with E-state index in [9.17, 15) is 4.79 Å². The van der Waals surface area contributed by atoms with Crippen molar-refractivity contribution in [3.8, 4) is 0 Å². The van der Waals surface area contributed by atoms with Gasteiger partial charge in [-0.25, -0.2) is 4.79 Å². The maximum Gasteiger partial charge on any atom is 0.317 e. The van der Waals surface area contributed by atoms with E-state index in [4.69, 9.17) is 16.1 Å². The number of hydrogen-bond donors (Lipinski definition) is 1. The summed E-state index contributed by atoms with van der Waals surface area (Å²) in [7, 11) is 1.75. The van der Waals surface area contributed by atoms with Crippen molar-refractivity contribution >= 4 is 29.0 Å². The van der Waals surface area contributed by atoms with E-state index >= 15 is 0 Å². The number of nitrogens with one attached hydrogen (secondary N) is 1. The summed E-state index contributed by atoms with van der Waals surface area (Å²) in [5.74, 6) is 0.750. The first kappa shape index (κ1) is 15.9. The summed E-state index contributed by atoms with van der Waals surface area (Å²) in [4.78, 5) is 14.8. The smallest absolute Gasteiger partial charge is 0.317 e. The van der Waals surface area contributed by atoms with Crippen LogP contribution in [-0.2, 0) is 13.0 Å². The van der Waals surface area contributed by atoms with Crippen LogP contribution in [0.2, 0.25) is 4.34 Å². The van der Waals surface area contributed by atoms with Crippen LogP contribution < -0.4 is 5.32 Å². The summed E-state index contributed by atoms with van der Waals surface area (Å²) in [6.45, 7) is 4.79. The highest BCUT2D eigenvalue weighted by molar-refractivity contribution is 7.16. The topological polar surface area (TPSA) is 58.4 Å². The van der Waals surface area contributed by atoms with Gasteiger partial charge in [0.1, 0.15) is 5.76 Å². The molecular weight excluding hydrogens is 310 g/mol. The van der Waals surface area contributed by atoms with E-state index < -0.39 is 0 Å².